The molecular weight excluding hydrogens is 286 g/mol. The molecule has 10 heteroatoms. The van der Waals surface area contributed by atoms with Crippen molar-refractivity contribution in [3.63, 3.8) is 0 Å². The molecule has 0 saturated heterocycles. The lowest BCUT2D eigenvalue weighted by Crippen LogP contribution is -2.41. The standard InChI is InChI=1S/C10H9F4N3O3/c11-9(12)10(13,14)4-16-8(18)5-2-1-3-6(7(5)15)17(19)20/h1-3,9H,4,15H2,(H,16,18). The van der Waals surface area contributed by atoms with Crippen LogP contribution in [-0.2, 0) is 0 Å². The van der Waals surface area contributed by atoms with Crippen molar-refractivity contribution in [2.45, 2.75) is 12.3 Å². The maximum atomic E-state index is 12.6. The molecule has 0 aliphatic rings. The highest BCUT2D eigenvalue weighted by Gasteiger charge is 2.41. The van der Waals surface area contributed by atoms with Gasteiger partial charge in [0.2, 0.25) is 0 Å². The summed E-state index contributed by atoms with van der Waals surface area (Å²) in [6.07, 6.45) is -3.94. The molecule has 3 N–H and O–H groups in total. The van der Waals surface area contributed by atoms with E-state index in [1.807, 2.05) is 0 Å². The number of benzene rings is 1. The molecule has 0 unspecified atom stereocenters. The second kappa shape index (κ2) is 5.72. The summed E-state index contributed by atoms with van der Waals surface area (Å²) in [4.78, 5) is 21.2. The molecule has 1 amide bonds. The van der Waals surface area contributed by atoms with Gasteiger partial charge in [0.05, 0.1) is 17.0 Å². The van der Waals surface area contributed by atoms with E-state index in [4.69, 9.17) is 5.73 Å². The predicted molar refractivity (Wildman–Crippen MR) is 60.8 cm³/mol. The van der Waals surface area contributed by atoms with Crippen LogP contribution in [0.4, 0.5) is 28.9 Å². The molecule has 1 rings (SSSR count). The van der Waals surface area contributed by atoms with E-state index in [0.717, 1.165) is 18.2 Å². The van der Waals surface area contributed by atoms with E-state index in [1.165, 1.54) is 0 Å². The van der Waals surface area contributed by atoms with Gasteiger partial charge in [-0.05, 0) is 6.07 Å². The molecule has 0 radical (unpaired) electrons. The Morgan fingerprint density at radius 2 is 2.05 bits per heavy atom. The Hall–Kier alpha value is -2.39. The molecule has 20 heavy (non-hydrogen) atoms. The number of hydrogen-bond acceptors (Lipinski definition) is 4. The Labute approximate surface area is 109 Å². The van der Waals surface area contributed by atoms with Crippen molar-refractivity contribution in [1.82, 2.24) is 5.32 Å². The van der Waals surface area contributed by atoms with Crippen molar-refractivity contribution in [1.29, 1.82) is 0 Å². The lowest BCUT2D eigenvalue weighted by atomic mass is 10.1. The first-order valence-corrected chi connectivity index (χ1v) is 5.14. The van der Waals surface area contributed by atoms with Crippen LogP contribution in [0.15, 0.2) is 18.2 Å². The quantitative estimate of drug-likeness (QED) is 0.374. The van der Waals surface area contributed by atoms with Gasteiger partial charge in [0.1, 0.15) is 5.69 Å². The predicted octanol–water partition coefficient (Wildman–Crippen LogP) is 1.81. The number of nitro groups is 1. The van der Waals surface area contributed by atoms with E-state index in [1.54, 1.807) is 5.32 Å². The van der Waals surface area contributed by atoms with Crippen LogP contribution in [0.25, 0.3) is 0 Å². The van der Waals surface area contributed by atoms with Crippen LogP contribution in [0.2, 0.25) is 0 Å². The van der Waals surface area contributed by atoms with Crippen molar-refractivity contribution in [3.8, 4) is 0 Å². The summed E-state index contributed by atoms with van der Waals surface area (Å²) in [5.74, 6) is -5.60. The number of nitrogen functional groups attached to an aromatic ring is 1. The zero-order valence-corrected chi connectivity index (χ0v) is 9.78. The average Bonchev–Trinajstić information content (AvgIpc) is 2.35. The fourth-order valence-corrected chi connectivity index (χ4v) is 1.28. The van der Waals surface area contributed by atoms with Gasteiger partial charge in [0.25, 0.3) is 11.6 Å². The first-order chi connectivity index (χ1) is 9.16. The first kappa shape index (κ1) is 15.7. The van der Waals surface area contributed by atoms with Crippen molar-refractivity contribution in [3.05, 3.63) is 33.9 Å². The topological polar surface area (TPSA) is 98.3 Å². The van der Waals surface area contributed by atoms with Gasteiger partial charge < -0.3 is 11.1 Å². The van der Waals surface area contributed by atoms with E-state index < -0.39 is 46.7 Å². The Balaban J connectivity index is 2.89. The van der Waals surface area contributed by atoms with E-state index in [-0.39, 0.29) is 0 Å². The van der Waals surface area contributed by atoms with Crippen molar-refractivity contribution in [2.75, 3.05) is 12.3 Å². The number of para-hydroxylation sites is 1. The number of nitrogens with one attached hydrogen (secondary N) is 1. The van der Waals surface area contributed by atoms with Crippen LogP contribution in [0.5, 0.6) is 0 Å². The van der Waals surface area contributed by atoms with Crippen molar-refractivity contribution >= 4 is 17.3 Å². The second-order valence-corrected chi connectivity index (χ2v) is 3.74. The van der Waals surface area contributed by atoms with Gasteiger partial charge in [0.15, 0.2) is 0 Å². The van der Waals surface area contributed by atoms with Crippen LogP contribution >= 0.6 is 0 Å². The molecule has 0 bridgehead atoms. The molecule has 0 heterocycles. The molecule has 0 aliphatic carbocycles. The van der Waals surface area contributed by atoms with Gasteiger partial charge in [-0.3, -0.25) is 14.9 Å². The summed E-state index contributed by atoms with van der Waals surface area (Å²) in [7, 11) is 0. The molecule has 0 atom stereocenters. The molecular formula is C10H9F4N3O3. The third kappa shape index (κ3) is 3.33. The number of halogens is 4. The lowest BCUT2D eigenvalue weighted by Gasteiger charge is -2.16. The number of rotatable bonds is 5. The highest BCUT2D eigenvalue weighted by atomic mass is 19.3. The third-order valence-electron chi connectivity index (χ3n) is 2.33. The number of anilines is 1. The Kier molecular flexibility index (Phi) is 4.48. The highest BCUT2D eigenvalue weighted by Crippen LogP contribution is 2.25. The fraction of sp³-hybridized carbons (Fsp3) is 0.300. The number of amides is 1. The maximum absolute atomic E-state index is 12.6. The molecule has 0 fully saturated rings. The molecule has 1 aromatic carbocycles. The highest BCUT2D eigenvalue weighted by molar-refractivity contribution is 6.01. The number of nitro benzene ring substituents is 1. The van der Waals surface area contributed by atoms with E-state index in [0.29, 0.717) is 0 Å². The SMILES string of the molecule is Nc1c(C(=O)NCC(F)(F)C(F)F)cccc1[N+](=O)[O-]. The van der Waals surface area contributed by atoms with Gasteiger partial charge in [-0.15, -0.1) is 0 Å². The zero-order valence-electron chi connectivity index (χ0n) is 9.78. The number of alkyl halides is 4. The monoisotopic (exact) mass is 295 g/mol. The summed E-state index contributed by atoms with van der Waals surface area (Å²) < 4.78 is 49.1. The molecule has 0 spiro atoms. The fourth-order valence-electron chi connectivity index (χ4n) is 1.28. The molecule has 0 aromatic heterocycles. The van der Waals surface area contributed by atoms with Crippen LogP contribution in [0.3, 0.4) is 0 Å². The largest absolute Gasteiger partial charge is 0.393 e. The van der Waals surface area contributed by atoms with Gasteiger partial charge in [-0.2, -0.15) is 8.78 Å². The third-order valence-corrected chi connectivity index (χ3v) is 2.33. The maximum Gasteiger partial charge on any atom is 0.324 e. The van der Waals surface area contributed by atoms with Gasteiger partial charge in [-0.1, -0.05) is 6.07 Å². The van der Waals surface area contributed by atoms with E-state index >= 15 is 0 Å². The van der Waals surface area contributed by atoms with Gasteiger partial charge in [0, 0.05) is 6.07 Å². The summed E-state index contributed by atoms with van der Waals surface area (Å²) in [5.41, 5.74) is 3.79. The summed E-state index contributed by atoms with van der Waals surface area (Å²) in [6.45, 7) is -1.61. The normalized spacial score (nSPS) is 11.4. The minimum absolute atomic E-state index is 0.440. The minimum atomic E-state index is -4.40. The lowest BCUT2D eigenvalue weighted by molar-refractivity contribution is -0.383. The Morgan fingerprint density at radius 3 is 2.55 bits per heavy atom. The molecule has 6 nitrogen and oxygen atoms in total. The summed E-state index contributed by atoms with van der Waals surface area (Å²) >= 11 is 0. The first-order valence-electron chi connectivity index (χ1n) is 5.14. The Morgan fingerprint density at radius 1 is 1.45 bits per heavy atom. The number of carbonyl (C=O) groups excluding carboxylic acids is 1. The number of carbonyl (C=O) groups is 1. The molecule has 110 valence electrons. The van der Waals surface area contributed by atoms with Crippen LogP contribution < -0.4 is 11.1 Å². The molecule has 1 aromatic rings. The van der Waals surface area contributed by atoms with Crippen LogP contribution in [-0.4, -0.2) is 29.7 Å². The van der Waals surface area contributed by atoms with Gasteiger partial charge in [-0.25, -0.2) is 8.78 Å². The molecule has 0 aliphatic heterocycles. The van der Waals surface area contributed by atoms with Gasteiger partial charge >= 0.3 is 12.3 Å². The van der Waals surface area contributed by atoms with E-state index in [9.17, 15) is 32.5 Å². The number of nitrogens with zero attached hydrogens (tertiary/aromatic N) is 1. The number of nitrogens with two attached hydrogens (primary N) is 1. The summed E-state index contributed by atoms with van der Waals surface area (Å²) in [6, 6.07) is 3.19. The smallest absolute Gasteiger partial charge is 0.324 e. The Bertz CT molecular complexity index is 536. The van der Waals surface area contributed by atoms with Crippen LogP contribution in [0, 0.1) is 10.1 Å². The average molecular weight is 295 g/mol. The molecule has 0 saturated carbocycles. The van der Waals surface area contributed by atoms with Crippen LogP contribution in [0.1, 0.15) is 10.4 Å². The second-order valence-electron chi connectivity index (χ2n) is 3.74. The zero-order chi connectivity index (χ0) is 15.5. The number of hydrogen-bond donors (Lipinski definition) is 2. The van der Waals surface area contributed by atoms with Crippen molar-refractivity contribution in [2.24, 2.45) is 0 Å². The summed E-state index contributed by atoms with van der Waals surface area (Å²) in [5, 5.41) is 12.1. The van der Waals surface area contributed by atoms with E-state index in [2.05, 4.69) is 0 Å². The van der Waals surface area contributed by atoms with Crippen molar-refractivity contribution < 1.29 is 27.3 Å². The minimum Gasteiger partial charge on any atom is -0.393 e.